The molecule has 88 heavy (non-hydrogen) atoms. The zero-order valence-electron chi connectivity index (χ0n) is 59.4. The smallest absolute Gasteiger partial charge is 0.246 e. The molecule has 0 saturated carbocycles. The molecule has 0 aromatic rings. The van der Waals surface area contributed by atoms with E-state index in [-0.39, 0.29) is 23.6 Å². The second-order valence-corrected chi connectivity index (χ2v) is 26.2. The minimum Gasteiger partial charge on any atom is -0.405 e. The van der Waals surface area contributed by atoms with E-state index in [0.717, 1.165) is 64.2 Å². The number of nitrogens with zero attached hydrogens (tertiary/aromatic N) is 1. The van der Waals surface area contributed by atoms with Crippen LogP contribution in [-0.4, -0.2) is 67.8 Å². The minimum absolute atomic E-state index is 0.0346. The highest BCUT2D eigenvalue weighted by Gasteiger charge is 2.19. The van der Waals surface area contributed by atoms with Gasteiger partial charge in [0, 0.05) is 40.0 Å². The summed E-state index contributed by atoms with van der Waals surface area (Å²) in [7, 11) is 3.85. The summed E-state index contributed by atoms with van der Waals surface area (Å²) < 4.78 is 0. The van der Waals surface area contributed by atoms with Crippen molar-refractivity contribution in [1.82, 2.24) is 26.2 Å². The van der Waals surface area contributed by atoms with E-state index >= 15 is 0 Å². The van der Waals surface area contributed by atoms with Crippen molar-refractivity contribution in [3.63, 3.8) is 0 Å². The number of rotatable bonds is 67. The number of allylic oxidation sites excluding steroid dienone is 4. The molecule has 0 fully saturated rings. The van der Waals surface area contributed by atoms with Gasteiger partial charge in [-0.2, -0.15) is 0 Å². The molecule has 0 bridgehead atoms. The monoisotopic (exact) mass is 1240 g/mol. The van der Waals surface area contributed by atoms with Gasteiger partial charge in [0.25, 0.3) is 0 Å². The Morgan fingerprint density at radius 2 is 0.545 bits per heavy atom. The number of carbonyl (C=O) groups excluding carboxylic acids is 4. The largest absolute Gasteiger partial charge is 0.405 e. The summed E-state index contributed by atoms with van der Waals surface area (Å²) >= 11 is 0. The molecule has 0 saturated heterocycles. The summed E-state index contributed by atoms with van der Waals surface area (Å²) in [6, 6.07) is -1.30. The first kappa shape index (κ1) is 86.5. The Bertz CT molecular complexity index is 1600. The third kappa shape index (κ3) is 69.9. The molecule has 10 heteroatoms. The van der Waals surface area contributed by atoms with Gasteiger partial charge < -0.3 is 31.9 Å². The summed E-state index contributed by atoms with van der Waals surface area (Å²) in [5.74, 6) is -0.393. The first-order valence-electron chi connectivity index (χ1n) is 38.3. The van der Waals surface area contributed by atoms with Crippen molar-refractivity contribution >= 4 is 23.6 Å². The van der Waals surface area contributed by atoms with Crippen molar-refractivity contribution in [3.05, 3.63) is 48.9 Å². The predicted molar refractivity (Wildman–Crippen MR) is 386 cm³/mol. The Morgan fingerprint density at radius 1 is 0.318 bits per heavy atom. The van der Waals surface area contributed by atoms with E-state index in [0.29, 0.717) is 25.9 Å². The van der Waals surface area contributed by atoms with Crippen LogP contribution in [0, 0.1) is 0 Å². The molecule has 516 valence electrons. The maximum Gasteiger partial charge on any atom is 0.246 e. The third-order valence-electron chi connectivity index (χ3n) is 17.1. The first-order valence-corrected chi connectivity index (χ1v) is 38.3. The summed E-state index contributed by atoms with van der Waals surface area (Å²) in [4.78, 5) is 52.3. The maximum absolute atomic E-state index is 12.8. The topological polar surface area (TPSA) is 146 Å². The maximum atomic E-state index is 12.8. The average molecular weight is 1240 g/mol. The second-order valence-electron chi connectivity index (χ2n) is 26.2. The quantitative estimate of drug-likeness (QED) is 0.0303. The van der Waals surface area contributed by atoms with Gasteiger partial charge in [0.05, 0.1) is 0 Å². The Labute approximate surface area is 547 Å². The van der Waals surface area contributed by atoms with E-state index in [9.17, 15) is 19.2 Å². The molecule has 0 radical (unpaired) electrons. The fourth-order valence-electron chi connectivity index (χ4n) is 11.3. The predicted octanol–water partition coefficient (Wildman–Crippen LogP) is 21.8. The van der Waals surface area contributed by atoms with E-state index in [2.05, 4.69) is 73.3 Å². The molecule has 2 atom stereocenters. The van der Waals surface area contributed by atoms with Crippen molar-refractivity contribution in [2.75, 3.05) is 27.2 Å². The SMILES string of the molecule is CCCCCCCC/C=C/CCCCCCCC(=O)NC(/C=C/N(C)C)C(=O)NCCCCCCCCCCCCCCCC.CCCCCCCC/C=C/CCCCCCCC(=O)NC(/C=C/N)C(=O)NCCCCCCCCCCCCCCCC. The lowest BCUT2D eigenvalue weighted by molar-refractivity contribution is -0.128. The van der Waals surface area contributed by atoms with E-state index in [1.165, 1.54) is 289 Å². The lowest BCUT2D eigenvalue weighted by Gasteiger charge is -2.16. The van der Waals surface area contributed by atoms with Crippen LogP contribution in [0.15, 0.2) is 48.9 Å². The molecule has 0 aliphatic heterocycles. The normalized spacial score (nSPS) is 12.3. The van der Waals surface area contributed by atoms with Crippen molar-refractivity contribution in [1.29, 1.82) is 0 Å². The van der Waals surface area contributed by atoms with Gasteiger partial charge in [-0.15, -0.1) is 0 Å². The average Bonchev–Trinajstić information content (AvgIpc) is 3.52. The fraction of sp³-hybridized carbons (Fsp3) is 0.846. The standard InChI is InChI=1S/C40H77N3O2.C38H73N3O2/c1-5-7-9-11-13-15-17-19-21-22-24-26-28-30-32-34-39(44)42-38(35-37-43(3)4)40(45)41-36-33-31-29-27-25-23-20-18-16-14-12-10-8-6-2;1-3-5-7-9-11-13-15-17-19-20-22-24-26-28-30-32-37(42)41-36(33-34-39)38(43)40-35-31-29-27-25-23-21-18-16-14-12-10-8-6-4-2/h19,21,35,37-38H,5-18,20,22-34,36H2,1-4H3,(H,41,45)(H,42,44);17,19,33-34,36H,3-16,18,20-32,35,39H2,1-2H3,(H,40,43)(H,41,42)/b21-19+,37-35+;19-17+,34-33+. The molecule has 0 aliphatic carbocycles. The van der Waals surface area contributed by atoms with E-state index in [4.69, 9.17) is 5.73 Å². The zero-order valence-corrected chi connectivity index (χ0v) is 59.4. The molecular formula is C78H150N6O4. The second kappa shape index (κ2) is 74.2. The van der Waals surface area contributed by atoms with Crippen LogP contribution >= 0.6 is 0 Å². The van der Waals surface area contributed by atoms with Gasteiger partial charge >= 0.3 is 0 Å². The first-order chi connectivity index (χ1) is 43.2. The minimum atomic E-state index is -0.688. The highest BCUT2D eigenvalue weighted by atomic mass is 16.2. The summed E-state index contributed by atoms with van der Waals surface area (Å²) in [5, 5.41) is 11.8. The molecule has 4 amide bonds. The molecule has 0 aromatic carbocycles. The van der Waals surface area contributed by atoms with Gasteiger partial charge in [-0.25, -0.2) is 0 Å². The Balaban J connectivity index is 0. The highest BCUT2D eigenvalue weighted by molar-refractivity contribution is 5.89. The van der Waals surface area contributed by atoms with Crippen LogP contribution in [-0.2, 0) is 19.2 Å². The van der Waals surface area contributed by atoms with E-state index in [1.54, 1.807) is 12.2 Å². The lowest BCUT2D eigenvalue weighted by Crippen LogP contribution is -2.46. The van der Waals surface area contributed by atoms with Crippen LogP contribution in [0.2, 0.25) is 0 Å². The number of hydrogen-bond donors (Lipinski definition) is 5. The number of hydrogen-bond acceptors (Lipinski definition) is 6. The third-order valence-corrected chi connectivity index (χ3v) is 17.1. The molecule has 0 spiro atoms. The number of amides is 4. The molecule has 10 nitrogen and oxygen atoms in total. The number of nitrogens with two attached hydrogens (primary N) is 1. The summed E-state index contributed by atoms with van der Waals surface area (Å²) in [6.45, 7) is 10.4. The zero-order chi connectivity index (χ0) is 64.5. The number of carbonyl (C=O) groups is 4. The number of nitrogens with one attached hydrogen (secondary N) is 4. The molecule has 2 unspecified atom stereocenters. The van der Waals surface area contributed by atoms with E-state index < -0.39 is 12.1 Å². The van der Waals surface area contributed by atoms with Crippen molar-refractivity contribution < 1.29 is 19.2 Å². The highest BCUT2D eigenvalue weighted by Crippen LogP contribution is 2.17. The summed E-state index contributed by atoms with van der Waals surface area (Å²) in [5.41, 5.74) is 5.55. The van der Waals surface area contributed by atoms with Crippen LogP contribution in [0.1, 0.15) is 387 Å². The van der Waals surface area contributed by atoms with Crippen molar-refractivity contribution in [3.8, 4) is 0 Å². The van der Waals surface area contributed by atoms with Crippen LogP contribution in [0.25, 0.3) is 0 Å². The number of unbranched alkanes of at least 4 members (excludes halogenated alkanes) is 48. The molecular weight excluding hydrogens is 1080 g/mol. The molecule has 6 N–H and O–H groups in total. The van der Waals surface area contributed by atoms with Gasteiger partial charge in [0.1, 0.15) is 12.1 Å². The Morgan fingerprint density at radius 3 is 0.795 bits per heavy atom. The Hall–Kier alpha value is -3.56. The van der Waals surface area contributed by atoms with Crippen LogP contribution in [0.3, 0.4) is 0 Å². The van der Waals surface area contributed by atoms with Crippen LogP contribution < -0.4 is 27.0 Å². The van der Waals surface area contributed by atoms with Crippen molar-refractivity contribution in [2.24, 2.45) is 5.73 Å². The molecule has 0 rings (SSSR count). The molecule has 0 aromatic heterocycles. The fourth-order valence-corrected chi connectivity index (χ4v) is 11.3. The summed E-state index contributed by atoms with van der Waals surface area (Å²) in [6.07, 6.45) is 86.1. The van der Waals surface area contributed by atoms with Gasteiger partial charge in [0.15, 0.2) is 0 Å². The van der Waals surface area contributed by atoms with Gasteiger partial charge in [-0.1, -0.05) is 322 Å². The molecule has 0 heterocycles. The Kier molecular flexibility index (Phi) is 72.9. The van der Waals surface area contributed by atoms with Gasteiger partial charge in [-0.3, -0.25) is 19.2 Å². The van der Waals surface area contributed by atoms with E-state index in [1.807, 2.05) is 25.2 Å². The molecule has 0 aliphatic rings. The van der Waals surface area contributed by atoms with Crippen LogP contribution in [0.5, 0.6) is 0 Å². The van der Waals surface area contributed by atoms with Crippen LogP contribution in [0.4, 0.5) is 0 Å². The van der Waals surface area contributed by atoms with Gasteiger partial charge in [-0.05, 0) is 102 Å². The van der Waals surface area contributed by atoms with Gasteiger partial charge in [0.2, 0.25) is 23.6 Å². The van der Waals surface area contributed by atoms with Crippen molar-refractivity contribution in [2.45, 2.75) is 399 Å². The lowest BCUT2D eigenvalue weighted by atomic mass is 10.0.